The maximum atomic E-state index is 12.4. The van der Waals surface area contributed by atoms with Crippen molar-refractivity contribution in [2.24, 2.45) is 17.3 Å². The van der Waals surface area contributed by atoms with E-state index < -0.39 is 29.4 Å². The number of benzene rings is 9. The molecule has 9 aromatic carbocycles. The minimum Gasteiger partial charge on any atom is -0.508 e. The number of hydrogen-bond donors (Lipinski definition) is 6. The number of ether oxygens (including phenoxy) is 8. The van der Waals surface area contributed by atoms with E-state index in [-0.39, 0.29) is 58.3 Å². The molecule has 1 heterocycles. The summed E-state index contributed by atoms with van der Waals surface area (Å²) in [5.74, 6) is 7.06. The van der Waals surface area contributed by atoms with Crippen molar-refractivity contribution in [1.82, 2.24) is 0 Å². The molecule has 0 radical (unpaired) electrons. The monoisotopic (exact) mass is 1650 g/mol. The highest BCUT2D eigenvalue weighted by Gasteiger charge is 2.59. The Morgan fingerprint density at radius 3 is 1.37 bits per heavy atom. The molecule has 6 aliphatic carbocycles. The van der Waals surface area contributed by atoms with Gasteiger partial charge in [-0.25, -0.2) is 0 Å². The van der Waals surface area contributed by atoms with Crippen LogP contribution >= 0.6 is 0 Å². The second-order valence-electron chi connectivity index (χ2n) is 34.9. The van der Waals surface area contributed by atoms with Crippen molar-refractivity contribution in [3.63, 3.8) is 0 Å². The van der Waals surface area contributed by atoms with E-state index in [1.54, 1.807) is 49.6 Å². The van der Waals surface area contributed by atoms with Crippen molar-refractivity contribution >= 4 is 28.7 Å². The fourth-order valence-corrected chi connectivity index (χ4v) is 16.7. The molecule has 11 atom stereocenters. The number of aromatic hydroxyl groups is 5. The Bertz CT molecular complexity index is 4860. The van der Waals surface area contributed by atoms with Gasteiger partial charge in [0.15, 0.2) is 57.5 Å². The SMILES string of the molecule is CCC(C)(C)C(=O)OC12CC3CC(CC(O)(C3)C1)C2.CCC(C)c1ccc(O)c(O)c1.CCC(C)c1ccc(O)cc1.CCC(C)c1ccc(OC(C)=O)c(OC(C)=O)c1.CCC(C)c1ccc(OC2CCc3ccccc32)c(OC2CCc3ccccc32)c1.CCC(C)c1ccc2c(c1)OC(OC)O2.CCC(C)c1ccc2cc(O)c(O)cc2c1. The number of phenols is 5. The first-order chi connectivity index (χ1) is 57.7. The van der Waals surface area contributed by atoms with Crippen LogP contribution in [-0.2, 0) is 36.7 Å². The van der Waals surface area contributed by atoms with Gasteiger partial charge in [0, 0.05) is 27.4 Å². The first kappa shape index (κ1) is 94.6. The van der Waals surface area contributed by atoms with Crippen LogP contribution < -0.4 is 28.4 Å². The van der Waals surface area contributed by atoms with Gasteiger partial charge in [0.05, 0.1) is 11.0 Å². The highest BCUT2D eigenvalue weighted by Crippen LogP contribution is 2.59. The van der Waals surface area contributed by atoms with E-state index in [2.05, 4.69) is 168 Å². The molecule has 9 aromatic rings. The third kappa shape index (κ3) is 25.7. The Balaban J connectivity index is 0.000000165. The number of hydrogen-bond acceptors (Lipinski definition) is 17. The van der Waals surface area contributed by atoms with Crippen molar-refractivity contribution in [2.75, 3.05) is 7.11 Å². The molecular weight excluding hydrogens is 1520 g/mol. The fourth-order valence-electron chi connectivity index (χ4n) is 16.7. The van der Waals surface area contributed by atoms with Gasteiger partial charge in [0.25, 0.3) is 0 Å². The summed E-state index contributed by atoms with van der Waals surface area (Å²) in [5.41, 5.74) is 11.4. The summed E-state index contributed by atoms with van der Waals surface area (Å²) in [5, 5.41) is 58.7. The number of rotatable bonds is 22. The van der Waals surface area contributed by atoms with Gasteiger partial charge in [0.1, 0.15) is 23.6 Å². The minimum atomic E-state index is -0.591. The summed E-state index contributed by atoms with van der Waals surface area (Å²) >= 11 is 0. The highest BCUT2D eigenvalue weighted by molar-refractivity contribution is 5.86. The van der Waals surface area contributed by atoms with Gasteiger partial charge in [-0.1, -0.05) is 193 Å². The molecule has 16 rings (SSSR count). The van der Waals surface area contributed by atoms with Gasteiger partial charge in [-0.05, 0) is 303 Å². The predicted molar refractivity (Wildman–Crippen MR) is 480 cm³/mol. The number of fused-ring (bicyclic) bond motifs is 4. The standard InChI is InChI=1S/C28H30O2.C16H26O3.C14H18O4.C14H16O2.C12H16O3.C10H14O2.C10H14O/c1-3-19(2)22-14-17-27(29-25-15-12-20-8-4-6-10-23(20)25)28(18-22)30-26-16-13-21-9-5-7-11-24(21)26;1-4-14(2,3)13(17)19-16-8-11-5-12(9-16)7-15(18,6-11)10-16;1-5-9(2)12-6-7-13(17-10(3)15)14(8-12)18-11(4)16;1-3-9(2)10-4-5-11-7-13(15)14(16)8-12(11)6-10;1-4-8(2)9-5-6-10-11(7-9)15-12(13-3)14-10;1-3-7(2)8-4-5-9(11)10(12)6-8;1-3-8(2)9-4-6-10(11)7-5-9/h4-11,14,17-19,25-26H,3,12-13,15-16H2,1-2H3;11-12,18H,4-10H2,1-3H3;6-9H,5H2,1-4H3;4-9,15-16H,3H2,1-2H3;5-8,12H,4H2,1-3H3;4-7,11-12H,3H2,1-2H3;4-8,11H,3H2,1-2H3. The number of carbonyl (C=O) groups is 3. The molecule has 4 fully saturated rings. The van der Waals surface area contributed by atoms with E-state index in [1.165, 1.54) is 70.8 Å². The lowest BCUT2D eigenvalue weighted by Crippen LogP contribution is -2.61. The lowest BCUT2D eigenvalue weighted by Gasteiger charge is -2.59. The summed E-state index contributed by atoms with van der Waals surface area (Å²) in [6.45, 7) is 33.9. The van der Waals surface area contributed by atoms with Crippen LogP contribution in [0.15, 0.2) is 176 Å². The third-order valence-electron chi connectivity index (χ3n) is 25.4. The quantitative estimate of drug-likeness (QED) is 0.0210. The normalized spacial score (nSPS) is 20.5. The molecule has 652 valence electrons. The Morgan fingerprint density at radius 2 is 0.868 bits per heavy atom. The van der Waals surface area contributed by atoms with Crippen LogP contribution in [0.1, 0.15) is 317 Å². The lowest BCUT2D eigenvalue weighted by molar-refractivity contribution is -0.225. The molecule has 0 amide bonds. The van der Waals surface area contributed by atoms with Crippen molar-refractivity contribution in [1.29, 1.82) is 0 Å². The Labute approximate surface area is 719 Å². The molecule has 7 aliphatic rings. The Hall–Kier alpha value is -10.2. The van der Waals surface area contributed by atoms with Gasteiger partial charge < -0.3 is 68.5 Å². The zero-order valence-electron chi connectivity index (χ0n) is 74.8. The summed E-state index contributed by atoms with van der Waals surface area (Å²) in [6.07, 6.45) is 17.4. The van der Waals surface area contributed by atoms with Gasteiger partial charge >= 0.3 is 24.4 Å². The first-order valence-corrected chi connectivity index (χ1v) is 44.0. The number of phenolic OH excluding ortho intramolecular Hbond substituents is 5. The molecule has 17 heteroatoms. The Kier molecular flexibility index (Phi) is 34.0. The average Bonchev–Trinajstić information content (AvgIpc) is 1.29. The van der Waals surface area contributed by atoms with Gasteiger partial charge in [-0.3, -0.25) is 14.4 Å². The van der Waals surface area contributed by atoms with E-state index in [4.69, 9.17) is 48.1 Å². The fraction of sp³-hybridized carbons (Fsp3) is 0.471. The Morgan fingerprint density at radius 1 is 0.446 bits per heavy atom. The molecule has 0 spiro atoms. The molecule has 121 heavy (non-hydrogen) atoms. The van der Waals surface area contributed by atoms with Crippen LogP contribution in [0, 0.1) is 17.3 Å². The largest absolute Gasteiger partial charge is 0.508 e. The number of esters is 3. The topological polar surface area (TPSA) is 246 Å². The number of methoxy groups -OCH3 is 1. The molecule has 11 unspecified atom stereocenters. The summed E-state index contributed by atoms with van der Waals surface area (Å²) in [6, 6.07) is 56.9. The average molecular weight is 1660 g/mol. The maximum absolute atomic E-state index is 12.4. The number of aliphatic hydroxyl groups is 1. The molecule has 4 saturated carbocycles. The maximum Gasteiger partial charge on any atom is 0.360 e. The van der Waals surface area contributed by atoms with Crippen LogP contribution in [0.25, 0.3) is 10.8 Å². The molecule has 17 nitrogen and oxygen atoms in total. The zero-order valence-corrected chi connectivity index (χ0v) is 74.8. The second-order valence-corrected chi connectivity index (χ2v) is 34.9. The van der Waals surface area contributed by atoms with Crippen molar-refractivity contribution in [3.05, 3.63) is 232 Å². The van der Waals surface area contributed by atoms with E-state index in [1.807, 2.05) is 63.2 Å². The van der Waals surface area contributed by atoms with Crippen LogP contribution in [-0.4, -0.2) is 73.3 Å². The van der Waals surface area contributed by atoms with Gasteiger partial charge in [-0.15, -0.1) is 0 Å². The summed E-state index contributed by atoms with van der Waals surface area (Å²) < 4.78 is 45.1. The van der Waals surface area contributed by atoms with Gasteiger partial charge in [-0.2, -0.15) is 0 Å². The van der Waals surface area contributed by atoms with Crippen molar-refractivity contribution in [2.45, 2.75) is 292 Å². The second kappa shape index (κ2) is 43.5. The van der Waals surface area contributed by atoms with Crippen LogP contribution in [0.5, 0.6) is 63.2 Å². The molecular formula is C104H134O17. The molecule has 1 aliphatic heterocycles. The first-order valence-electron chi connectivity index (χ1n) is 44.0. The van der Waals surface area contributed by atoms with Gasteiger partial charge in [0.2, 0.25) is 0 Å². The van der Waals surface area contributed by atoms with Crippen LogP contribution in [0.2, 0.25) is 0 Å². The smallest absolute Gasteiger partial charge is 0.360 e. The highest BCUT2D eigenvalue weighted by atomic mass is 16.9. The van der Waals surface area contributed by atoms with Crippen molar-refractivity contribution < 1.29 is 82.9 Å². The number of carbonyl (C=O) groups excluding carboxylic acids is 3. The number of aryl methyl sites for hydroxylation is 2. The summed E-state index contributed by atoms with van der Waals surface area (Å²) in [7, 11) is 1.56. The van der Waals surface area contributed by atoms with E-state index in [0.29, 0.717) is 59.5 Å². The van der Waals surface area contributed by atoms with E-state index >= 15 is 0 Å². The molecule has 0 aromatic heterocycles. The van der Waals surface area contributed by atoms with E-state index in [0.717, 1.165) is 141 Å². The third-order valence-corrected chi connectivity index (χ3v) is 25.4. The zero-order chi connectivity index (χ0) is 88.0. The molecule has 4 bridgehead atoms. The minimum absolute atomic E-state index is 0.0344. The van der Waals surface area contributed by atoms with Crippen LogP contribution in [0.3, 0.4) is 0 Å². The van der Waals surface area contributed by atoms with Crippen molar-refractivity contribution in [3.8, 4) is 63.2 Å². The molecule has 0 saturated heterocycles. The molecule has 6 N–H and O–H groups in total. The lowest BCUT2D eigenvalue weighted by atomic mass is 9.52. The summed E-state index contributed by atoms with van der Waals surface area (Å²) in [4.78, 5) is 34.4. The van der Waals surface area contributed by atoms with E-state index in [9.17, 15) is 34.8 Å². The van der Waals surface area contributed by atoms with Crippen LogP contribution in [0.4, 0.5) is 0 Å². The predicted octanol–water partition coefficient (Wildman–Crippen LogP) is 25.6.